The Kier molecular flexibility index (Phi) is 5.54. The molecule has 0 aliphatic carbocycles. The van der Waals surface area contributed by atoms with Gasteiger partial charge in [-0.1, -0.05) is 6.92 Å². The lowest BCUT2D eigenvalue weighted by molar-refractivity contribution is -0.149. The normalized spacial score (nSPS) is 15.8. The molecule has 108 valence electrons. The van der Waals surface area contributed by atoms with Gasteiger partial charge in [0.25, 0.3) is 0 Å². The molecule has 0 saturated heterocycles. The molecule has 1 heterocycles. The SMILES string of the molecule is CCCc1nccn1C(C)CC(C)(N)C(=O)OCC. The van der Waals surface area contributed by atoms with Gasteiger partial charge < -0.3 is 15.0 Å². The van der Waals surface area contributed by atoms with E-state index in [1.165, 1.54) is 0 Å². The Morgan fingerprint density at radius 2 is 2.26 bits per heavy atom. The summed E-state index contributed by atoms with van der Waals surface area (Å²) in [7, 11) is 0. The lowest BCUT2D eigenvalue weighted by Crippen LogP contribution is -2.47. The Labute approximate surface area is 115 Å². The third kappa shape index (κ3) is 4.06. The van der Waals surface area contributed by atoms with Gasteiger partial charge in [0.05, 0.1) is 6.61 Å². The molecule has 1 aromatic rings. The van der Waals surface area contributed by atoms with Crippen molar-refractivity contribution in [1.82, 2.24) is 9.55 Å². The van der Waals surface area contributed by atoms with Crippen LogP contribution < -0.4 is 5.73 Å². The fourth-order valence-electron chi connectivity index (χ4n) is 2.25. The van der Waals surface area contributed by atoms with Gasteiger partial charge in [-0.2, -0.15) is 0 Å². The number of aromatic nitrogens is 2. The highest BCUT2D eigenvalue weighted by Crippen LogP contribution is 2.22. The molecule has 0 radical (unpaired) electrons. The van der Waals surface area contributed by atoms with Gasteiger partial charge in [-0.15, -0.1) is 0 Å². The number of carbonyl (C=O) groups is 1. The topological polar surface area (TPSA) is 70.1 Å². The Bertz CT molecular complexity index is 413. The van der Waals surface area contributed by atoms with Crippen LogP contribution in [0.1, 0.15) is 52.4 Å². The lowest BCUT2D eigenvalue weighted by Gasteiger charge is -2.27. The van der Waals surface area contributed by atoms with Crippen LogP contribution in [0.15, 0.2) is 12.4 Å². The highest BCUT2D eigenvalue weighted by atomic mass is 16.5. The third-order valence-electron chi connectivity index (χ3n) is 3.16. The largest absolute Gasteiger partial charge is 0.465 e. The molecule has 5 nitrogen and oxygen atoms in total. The summed E-state index contributed by atoms with van der Waals surface area (Å²) in [5.41, 5.74) is 5.10. The molecule has 0 saturated carbocycles. The van der Waals surface area contributed by atoms with E-state index in [9.17, 15) is 4.79 Å². The van der Waals surface area contributed by atoms with E-state index in [1.807, 2.05) is 13.1 Å². The molecule has 2 atom stereocenters. The monoisotopic (exact) mass is 267 g/mol. The number of esters is 1. The Morgan fingerprint density at radius 3 is 2.84 bits per heavy atom. The predicted molar refractivity (Wildman–Crippen MR) is 74.8 cm³/mol. The molecule has 0 amide bonds. The molecule has 19 heavy (non-hydrogen) atoms. The average Bonchev–Trinajstić information content (AvgIpc) is 2.77. The number of nitrogens with two attached hydrogens (primary N) is 1. The summed E-state index contributed by atoms with van der Waals surface area (Å²) in [6, 6.07) is 0.114. The summed E-state index contributed by atoms with van der Waals surface area (Å²) in [6.07, 6.45) is 6.23. The number of nitrogens with zero attached hydrogens (tertiary/aromatic N) is 2. The lowest BCUT2D eigenvalue weighted by atomic mass is 9.94. The minimum absolute atomic E-state index is 0.114. The van der Waals surface area contributed by atoms with Crippen molar-refractivity contribution in [3.63, 3.8) is 0 Å². The molecule has 0 fully saturated rings. The quantitative estimate of drug-likeness (QED) is 0.768. The van der Waals surface area contributed by atoms with Crippen LogP contribution in [0.3, 0.4) is 0 Å². The van der Waals surface area contributed by atoms with Crippen LogP contribution in [0.5, 0.6) is 0 Å². The van der Waals surface area contributed by atoms with Crippen LogP contribution in [0.2, 0.25) is 0 Å². The molecule has 0 aliphatic heterocycles. The standard InChI is InChI=1S/C14H25N3O2/c1-5-7-12-16-8-9-17(12)11(3)10-14(4,15)13(18)19-6-2/h8-9,11H,5-7,10,15H2,1-4H3. The first kappa shape index (κ1) is 15.7. The van der Waals surface area contributed by atoms with Crippen molar-refractivity contribution in [2.45, 2.75) is 58.5 Å². The fourth-order valence-corrected chi connectivity index (χ4v) is 2.25. The van der Waals surface area contributed by atoms with Crippen molar-refractivity contribution in [1.29, 1.82) is 0 Å². The second-order valence-corrected chi connectivity index (χ2v) is 5.19. The molecule has 0 aliphatic rings. The van der Waals surface area contributed by atoms with Crippen molar-refractivity contribution in [2.24, 2.45) is 5.73 Å². The molecule has 2 unspecified atom stereocenters. The first-order chi connectivity index (χ1) is 8.92. The molecule has 2 N–H and O–H groups in total. The van der Waals surface area contributed by atoms with Gasteiger partial charge in [0.1, 0.15) is 11.4 Å². The van der Waals surface area contributed by atoms with Crippen molar-refractivity contribution < 1.29 is 9.53 Å². The van der Waals surface area contributed by atoms with Gasteiger partial charge in [0, 0.05) is 24.9 Å². The van der Waals surface area contributed by atoms with Gasteiger partial charge in [0.15, 0.2) is 0 Å². The van der Waals surface area contributed by atoms with Gasteiger partial charge in [-0.25, -0.2) is 4.98 Å². The first-order valence-electron chi connectivity index (χ1n) is 6.90. The Balaban J connectivity index is 2.75. The van der Waals surface area contributed by atoms with E-state index >= 15 is 0 Å². The zero-order valence-corrected chi connectivity index (χ0v) is 12.3. The van der Waals surface area contributed by atoms with E-state index in [1.54, 1.807) is 20.0 Å². The second kappa shape index (κ2) is 6.70. The maximum Gasteiger partial charge on any atom is 0.325 e. The summed E-state index contributed by atoms with van der Waals surface area (Å²) in [6.45, 7) is 8.03. The van der Waals surface area contributed by atoms with E-state index in [4.69, 9.17) is 10.5 Å². The van der Waals surface area contributed by atoms with Crippen LogP contribution >= 0.6 is 0 Å². The molecule has 1 aromatic heterocycles. The van der Waals surface area contributed by atoms with Crippen molar-refractivity contribution in [2.75, 3.05) is 6.61 Å². The molecular weight excluding hydrogens is 242 g/mol. The zero-order valence-electron chi connectivity index (χ0n) is 12.3. The number of carbonyl (C=O) groups excluding carboxylic acids is 1. The summed E-state index contributed by atoms with van der Waals surface area (Å²) < 4.78 is 7.10. The smallest absolute Gasteiger partial charge is 0.325 e. The zero-order chi connectivity index (χ0) is 14.5. The minimum Gasteiger partial charge on any atom is -0.465 e. The van der Waals surface area contributed by atoms with Crippen molar-refractivity contribution in [3.05, 3.63) is 18.2 Å². The number of hydrogen-bond donors (Lipinski definition) is 1. The summed E-state index contributed by atoms with van der Waals surface area (Å²) in [5, 5.41) is 0. The number of hydrogen-bond acceptors (Lipinski definition) is 4. The van der Waals surface area contributed by atoms with E-state index in [0.29, 0.717) is 13.0 Å². The van der Waals surface area contributed by atoms with E-state index in [0.717, 1.165) is 18.7 Å². The van der Waals surface area contributed by atoms with Crippen LogP contribution in [-0.2, 0) is 16.0 Å². The minimum atomic E-state index is -0.969. The van der Waals surface area contributed by atoms with Crippen molar-refractivity contribution >= 4 is 5.97 Å². The fraction of sp³-hybridized carbons (Fsp3) is 0.714. The summed E-state index contributed by atoms with van der Waals surface area (Å²) in [5.74, 6) is 0.689. The van der Waals surface area contributed by atoms with Gasteiger partial charge >= 0.3 is 5.97 Å². The average molecular weight is 267 g/mol. The Morgan fingerprint density at radius 1 is 1.58 bits per heavy atom. The molecule has 0 bridgehead atoms. The highest BCUT2D eigenvalue weighted by Gasteiger charge is 2.32. The first-order valence-corrected chi connectivity index (χ1v) is 6.90. The maximum absolute atomic E-state index is 11.8. The molecule has 1 rings (SSSR count). The highest BCUT2D eigenvalue weighted by molar-refractivity contribution is 5.80. The maximum atomic E-state index is 11.8. The molecule has 5 heteroatoms. The van der Waals surface area contributed by atoms with Gasteiger partial charge in [-0.3, -0.25) is 4.79 Å². The molecule has 0 aromatic carbocycles. The van der Waals surface area contributed by atoms with Gasteiger partial charge in [-0.05, 0) is 33.6 Å². The molecule has 0 spiro atoms. The summed E-state index contributed by atoms with van der Waals surface area (Å²) in [4.78, 5) is 16.2. The summed E-state index contributed by atoms with van der Waals surface area (Å²) >= 11 is 0. The van der Waals surface area contributed by atoms with Crippen LogP contribution in [0.4, 0.5) is 0 Å². The van der Waals surface area contributed by atoms with E-state index in [-0.39, 0.29) is 12.0 Å². The van der Waals surface area contributed by atoms with E-state index < -0.39 is 5.54 Å². The van der Waals surface area contributed by atoms with Crippen LogP contribution in [-0.4, -0.2) is 27.7 Å². The number of ether oxygens (including phenoxy) is 1. The second-order valence-electron chi connectivity index (χ2n) is 5.19. The number of aryl methyl sites for hydroxylation is 1. The van der Waals surface area contributed by atoms with Gasteiger partial charge in [0.2, 0.25) is 0 Å². The van der Waals surface area contributed by atoms with Crippen LogP contribution in [0.25, 0.3) is 0 Å². The molecular formula is C14H25N3O2. The van der Waals surface area contributed by atoms with Crippen molar-refractivity contribution in [3.8, 4) is 0 Å². The van der Waals surface area contributed by atoms with Crippen LogP contribution in [0, 0.1) is 0 Å². The number of rotatable bonds is 7. The number of imidazole rings is 1. The Hall–Kier alpha value is -1.36. The van der Waals surface area contributed by atoms with E-state index in [2.05, 4.69) is 16.5 Å². The third-order valence-corrected chi connectivity index (χ3v) is 3.16. The predicted octanol–water partition coefficient (Wildman–Crippen LogP) is 2.07.